The van der Waals surface area contributed by atoms with Gasteiger partial charge in [0.05, 0.1) is 18.3 Å². The fourth-order valence-corrected chi connectivity index (χ4v) is 4.40. The zero-order valence-electron chi connectivity index (χ0n) is 18.2. The highest BCUT2D eigenvalue weighted by Crippen LogP contribution is 2.34. The van der Waals surface area contributed by atoms with Gasteiger partial charge in [-0.1, -0.05) is 68.0 Å². The van der Waals surface area contributed by atoms with Gasteiger partial charge in [-0.3, -0.25) is 4.90 Å². The summed E-state index contributed by atoms with van der Waals surface area (Å²) in [7, 11) is 0. The van der Waals surface area contributed by atoms with Crippen LogP contribution in [0.2, 0.25) is 0 Å². The van der Waals surface area contributed by atoms with Crippen LogP contribution in [-0.4, -0.2) is 42.9 Å². The van der Waals surface area contributed by atoms with Crippen LogP contribution in [0.3, 0.4) is 0 Å². The van der Waals surface area contributed by atoms with Gasteiger partial charge in [0, 0.05) is 5.41 Å². The Morgan fingerprint density at radius 1 is 1.07 bits per heavy atom. The number of rotatable bonds is 7. The summed E-state index contributed by atoms with van der Waals surface area (Å²) in [4.78, 5) is 7.07. The fourth-order valence-electron chi connectivity index (χ4n) is 3.50. The van der Waals surface area contributed by atoms with Crippen LogP contribution in [0.25, 0.3) is 0 Å². The third kappa shape index (κ3) is 4.92. The molecule has 0 N–H and O–H groups in total. The largest absolute Gasteiger partial charge is 0.338 e. The number of aromatic nitrogens is 5. The van der Waals surface area contributed by atoms with Gasteiger partial charge in [0.25, 0.3) is 0 Å². The summed E-state index contributed by atoms with van der Waals surface area (Å²) in [6.45, 7) is 12.2. The van der Waals surface area contributed by atoms with E-state index >= 15 is 0 Å². The lowest BCUT2D eigenvalue weighted by Gasteiger charge is -2.16. The van der Waals surface area contributed by atoms with E-state index in [1.54, 1.807) is 11.8 Å². The van der Waals surface area contributed by atoms with Crippen LogP contribution >= 0.6 is 11.8 Å². The monoisotopic (exact) mass is 426 g/mol. The van der Waals surface area contributed by atoms with Crippen LogP contribution in [0.4, 0.5) is 0 Å². The van der Waals surface area contributed by atoms with E-state index in [9.17, 15) is 0 Å². The minimum absolute atomic E-state index is 0.00744. The lowest BCUT2D eigenvalue weighted by molar-refractivity contribution is 0.316. The predicted octanol–water partition coefficient (Wildman–Crippen LogP) is 4.46. The van der Waals surface area contributed by atoms with Crippen molar-refractivity contribution < 1.29 is 4.52 Å². The molecule has 1 atom stereocenters. The van der Waals surface area contributed by atoms with Gasteiger partial charge in [-0.2, -0.15) is 4.98 Å². The van der Waals surface area contributed by atoms with Crippen LogP contribution < -0.4 is 0 Å². The summed E-state index contributed by atoms with van der Waals surface area (Å²) in [5, 5.41) is 14.1. The highest BCUT2D eigenvalue weighted by Gasteiger charge is 2.26. The highest BCUT2D eigenvalue weighted by molar-refractivity contribution is 7.99. The van der Waals surface area contributed by atoms with E-state index in [0.29, 0.717) is 5.89 Å². The maximum Gasteiger partial charge on any atom is 0.239 e. The predicted molar refractivity (Wildman–Crippen MR) is 117 cm³/mol. The molecule has 1 aliphatic rings. The van der Waals surface area contributed by atoms with Crippen LogP contribution in [0.1, 0.15) is 68.9 Å². The molecule has 2 aromatic heterocycles. The quantitative estimate of drug-likeness (QED) is 0.517. The molecule has 30 heavy (non-hydrogen) atoms. The summed E-state index contributed by atoms with van der Waals surface area (Å²) in [6, 6.07) is 10.5. The topological polar surface area (TPSA) is 72.9 Å². The molecule has 1 aliphatic heterocycles. The van der Waals surface area contributed by atoms with E-state index in [0.717, 1.165) is 43.0 Å². The second-order valence-corrected chi connectivity index (χ2v) is 10.2. The summed E-state index contributed by atoms with van der Waals surface area (Å²) in [6.07, 6.45) is 2.53. The molecule has 3 aromatic rings. The van der Waals surface area contributed by atoms with Crippen LogP contribution in [0.5, 0.6) is 0 Å². The Labute approximate surface area is 182 Å². The zero-order chi connectivity index (χ0) is 21.1. The SMILES string of the molecule is C[C@@H](Sc1nnc(CN2CCCC2)n1Cc1ccccc1)c1nc(C(C)(C)C)no1. The fraction of sp³-hybridized carbons (Fsp3) is 0.545. The summed E-state index contributed by atoms with van der Waals surface area (Å²) < 4.78 is 7.78. The van der Waals surface area contributed by atoms with E-state index in [1.165, 1.54) is 18.4 Å². The molecule has 0 saturated carbocycles. The second kappa shape index (κ2) is 8.89. The molecule has 7 nitrogen and oxygen atoms in total. The van der Waals surface area contributed by atoms with Gasteiger partial charge >= 0.3 is 0 Å². The summed E-state index contributed by atoms with van der Waals surface area (Å²) >= 11 is 1.62. The number of benzene rings is 1. The van der Waals surface area contributed by atoms with Crippen molar-refractivity contribution in [1.29, 1.82) is 0 Å². The van der Waals surface area contributed by atoms with Crippen LogP contribution in [0.15, 0.2) is 40.0 Å². The first-order chi connectivity index (χ1) is 14.4. The van der Waals surface area contributed by atoms with Crippen LogP contribution in [-0.2, 0) is 18.5 Å². The molecule has 0 radical (unpaired) electrons. The van der Waals surface area contributed by atoms with E-state index in [-0.39, 0.29) is 10.7 Å². The summed E-state index contributed by atoms with van der Waals surface area (Å²) in [5.74, 6) is 2.36. The van der Waals surface area contributed by atoms with Gasteiger partial charge in [-0.15, -0.1) is 10.2 Å². The Morgan fingerprint density at radius 2 is 1.80 bits per heavy atom. The molecule has 0 unspecified atom stereocenters. The zero-order valence-corrected chi connectivity index (χ0v) is 19.0. The van der Waals surface area contributed by atoms with Crippen molar-refractivity contribution in [2.75, 3.05) is 13.1 Å². The summed E-state index contributed by atoms with van der Waals surface area (Å²) in [5.41, 5.74) is 1.10. The number of thioether (sulfide) groups is 1. The minimum Gasteiger partial charge on any atom is -0.338 e. The van der Waals surface area contributed by atoms with Crippen molar-refractivity contribution in [2.24, 2.45) is 0 Å². The van der Waals surface area contributed by atoms with Crippen molar-refractivity contribution in [3.8, 4) is 0 Å². The molecular formula is C22H30N6OS. The Kier molecular flexibility index (Phi) is 6.24. The smallest absolute Gasteiger partial charge is 0.239 e. The molecule has 1 fully saturated rings. The van der Waals surface area contributed by atoms with Gasteiger partial charge in [0.15, 0.2) is 11.0 Å². The lowest BCUT2D eigenvalue weighted by Crippen LogP contribution is -2.21. The average Bonchev–Trinajstić information content (AvgIpc) is 3.46. The van der Waals surface area contributed by atoms with Crippen molar-refractivity contribution in [1.82, 2.24) is 29.8 Å². The Hall–Kier alpha value is -2.19. The van der Waals surface area contributed by atoms with E-state index in [2.05, 4.69) is 81.8 Å². The average molecular weight is 427 g/mol. The highest BCUT2D eigenvalue weighted by atomic mass is 32.2. The molecule has 3 heterocycles. The molecule has 1 saturated heterocycles. The molecule has 1 aromatic carbocycles. The maximum atomic E-state index is 5.55. The standard InChI is InChI=1S/C22H30N6OS/c1-16(19-23-20(26-29-19)22(2,3)4)30-21-25-24-18(15-27-12-8-9-13-27)28(21)14-17-10-6-5-7-11-17/h5-7,10-11,16H,8-9,12-15H2,1-4H3/t16-/m1/s1. The van der Waals surface area contributed by atoms with Gasteiger partial charge in [-0.25, -0.2) is 0 Å². The first-order valence-electron chi connectivity index (χ1n) is 10.6. The Morgan fingerprint density at radius 3 is 2.47 bits per heavy atom. The first kappa shape index (κ1) is 21.1. The van der Waals surface area contributed by atoms with Gasteiger partial charge < -0.3 is 9.09 Å². The Balaban J connectivity index is 1.56. The third-order valence-corrected chi connectivity index (χ3v) is 6.35. The Bertz CT molecular complexity index is 956. The van der Waals surface area contributed by atoms with Crippen molar-refractivity contribution in [2.45, 2.75) is 69.4 Å². The van der Waals surface area contributed by atoms with Crippen molar-refractivity contribution in [3.63, 3.8) is 0 Å². The van der Waals surface area contributed by atoms with Crippen molar-refractivity contribution >= 4 is 11.8 Å². The van der Waals surface area contributed by atoms with Crippen LogP contribution in [0, 0.1) is 0 Å². The molecule has 0 aliphatic carbocycles. The molecule has 0 spiro atoms. The van der Waals surface area contributed by atoms with E-state index in [4.69, 9.17) is 4.52 Å². The normalized spacial score (nSPS) is 16.3. The number of hydrogen-bond donors (Lipinski definition) is 0. The van der Waals surface area contributed by atoms with Crippen molar-refractivity contribution in [3.05, 3.63) is 53.4 Å². The van der Waals surface area contributed by atoms with Gasteiger partial charge in [0.1, 0.15) is 5.82 Å². The molecule has 8 heteroatoms. The number of likely N-dealkylation sites (tertiary alicyclic amines) is 1. The third-order valence-electron chi connectivity index (χ3n) is 5.28. The molecule has 4 rings (SSSR count). The van der Waals surface area contributed by atoms with E-state index in [1.807, 2.05) is 6.07 Å². The molecular weight excluding hydrogens is 396 g/mol. The first-order valence-corrected chi connectivity index (χ1v) is 11.5. The molecule has 0 amide bonds. The molecule has 160 valence electrons. The molecule has 0 bridgehead atoms. The minimum atomic E-state index is -0.137. The second-order valence-electron chi connectivity index (χ2n) is 8.92. The maximum absolute atomic E-state index is 5.55. The lowest BCUT2D eigenvalue weighted by atomic mass is 9.96. The van der Waals surface area contributed by atoms with Gasteiger partial charge in [-0.05, 0) is 38.4 Å². The number of hydrogen-bond acceptors (Lipinski definition) is 7. The van der Waals surface area contributed by atoms with E-state index < -0.39 is 0 Å². The number of nitrogens with zero attached hydrogens (tertiary/aromatic N) is 6. The van der Waals surface area contributed by atoms with Gasteiger partial charge in [0.2, 0.25) is 5.89 Å².